The standard InChI is InChI=1S/C25H31N5O2/c1-26-25(28-18-20-9-13-22(14-10-20)30-16-4-6-24(30)32)27-17-19-7-11-21(12-8-19)29-15-3-2-5-23(29)31/h7-14H,2-6,15-18H2,1H3,(H2,26,27,28). The summed E-state index contributed by atoms with van der Waals surface area (Å²) >= 11 is 0. The average molecular weight is 434 g/mol. The van der Waals surface area contributed by atoms with Crippen molar-refractivity contribution >= 4 is 29.1 Å². The fourth-order valence-corrected chi connectivity index (χ4v) is 4.18. The smallest absolute Gasteiger partial charge is 0.227 e. The number of nitrogens with one attached hydrogen (secondary N) is 2. The van der Waals surface area contributed by atoms with Gasteiger partial charge in [-0.05, 0) is 54.7 Å². The molecule has 2 aromatic rings. The van der Waals surface area contributed by atoms with E-state index in [2.05, 4.69) is 27.8 Å². The monoisotopic (exact) mass is 433 g/mol. The lowest BCUT2D eigenvalue weighted by molar-refractivity contribution is -0.119. The maximum atomic E-state index is 12.1. The Hall–Kier alpha value is -3.35. The third-order valence-corrected chi connectivity index (χ3v) is 6.04. The Kier molecular flexibility index (Phi) is 7.04. The van der Waals surface area contributed by atoms with Crippen molar-refractivity contribution in [3.05, 3.63) is 59.7 Å². The molecule has 2 heterocycles. The quantitative estimate of drug-likeness (QED) is 0.542. The van der Waals surface area contributed by atoms with Gasteiger partial charge < -0.3 is 20.4 Å². The molecule has 32 heavy (non-hydrogen) atoms. The number of nitrogens with zero attached hydrogens (tertiary/aromatic N) is 3. The highest BCUT2D eigenvalue weighted by atomic mass is 16.2. The van der Waals surface area contributed by atoms with E-state index in [1.165, 1.54) is 0 Å². The van der Waals surface area contributed by atoms with Crippen LogP contribution in [0.5, 0.6) is 0 Å². The Balaban J connectivity index is 1.26. The SMILES string of the molecule is CN=C(NCc1ccc(N2CCCCC2=O)cc1)NCc1ccc(N2CCCC2=O)cc1. The van der Waals surface area contributed by atoms with Crippen molar-refractivity contribution in [2.75, 3.05) is 29.9 Å². The highest BCUT2D eigenvalue weighted by molar-refractivity contribution is 5.95. The summed E-state index contributed by atoms with van der Waals surface area (Å²) in [5.74, 6) is 1.14. The van der Waals surface area contributed by atoms with Gasteiger partial charge in [0.15, 0.2) is 5.96 Å². The van der Waals surface area contributed by atoms with Crippen LogP contribution in [0.2, 0.25) is 0 Å². The van der Waals surface area contributed by atoms with Crippen LogP contribution in [0.1, 0.15) is 43.2 Å². The van der Waals surface area contributed by atoms with Gasteiger partial charge in [-0.25, -0.2) is 0 Å². The van der Waals surface area contributed by atoms with Crippen molar-refractivity contribution in [1.82, 2.24) is 10.6 Å². The number of aliphatic imine (C=N–C) groups is 1. The first-order valence-corrected chi connectivity index (χ1v) is 11.4. The predicted octanol–water partition coefficient (Wildman–Crippen LogP) is 3.20. The van der Waals surface area contributed by atoms with E-state index in [0.29, 0.717) is 25.9 Å². The van der Waals surface area contributed by atoms with Crippen LogP contribution in [-0.2, 0) is 22.7 Å². The summed E-state index contributed by atoms with van der Waals surface area (Å²) in [6, 6.07) is 16.2. The first-order valence-electron chi connectivity index (χ1n) is 11.4. The van der Waals surface area contributed by atoms with Crippen LogP contribution in [0.3, 0.4) is 0 Å². The first kappa shape index (κ1) is 21.9. The van der Waals surface area contributed by atoms with Gasteiger partial charge in [0.2, 0.25) is 11.8 Å². The van der Waals surface area contributed by atoms with E-state index in [9.17, 15) is 9.59 Å². The third-order valence-electron chi connectivity index (χ3n) is 6.04. The molecule has 0 saturated carbocycles. The molecule has 168 valence electrons. The number of carbonyl (C=O) groups is 2. The molecule has 4 rings (SSSR count). The van der Waals surface area contributed by atoms with Gasteiger partial charge in [-0.2, -0.15) is 0 Å². The number of carbonyl (C=O) groups excluding carboxylic acids is 2. The van der Waals surface area contributed by atoms with Crippen molar-refractivity contribution in [3.8, 4) is 0 Å². The summed E-state index contributed by atoms with van der Waals surface area (Å²) in [5.41, 5.74) is 4.19. The summed E-state index contributed by atoms with van der Waals surface area (Å²) in [5, 5.41) is 6.66. The molecule has 0 aromatic heterocycles. The van der Waals surface area contributed by atoms with Crippen LogP contribution in [-0.4, -0.2) is 37.9 Å². The zero-order valence-electron chi connectivity index (χ0n) is 18.6. The van der Waals surface area contributed by atoms with Crippen LogP contribution in [0.25, 0.3) is 0 Å². The molecule has 7 nitrogen and oxygen atoms in total. The molecule has 2 saturated heterocycles. The molecule has 0 bridgehead atoms. The number of hydrogen-bond donors (Lipinski definition) is 2. The number of piperidine rings is 1. The molecule has 2 fully saturated rings. The Bertz CT molecular complexity index is 969. The van der Waals surface area contributed by atoms with E-state index in [4.69, 9.17) is 0 Å². The van der Waals surface area contributed by atoms with Gasteiger partial charge in [0.1, 0.15) is 0 Å². The molecule has 0 spiro atoms. The molecule has 2 amide bonds. The summed E-state index contributed by atoms with van der Waals surface area (Å²) in [6.45, 7) is 2.90. The Morgan fingerprint density at radius 1 is 0.750 bits per heavy atom. The second kappa shape index (κ2) is 10.3. The molecular formula is C25H31N5O2. The van der Waals surface area contributed by atoms with Gasteiger partial charge in [-0.15, -0.1) is 0 Å². The number of hydrogen-bond acceptors (Lipinski definition) is 3. The Morgan fingerprint density at radius 2 is 1.22 bits per heavy atom. The van der Waals surface area contributed by atoms with Gasteiger partial charge in [0.05, 0.1) is 0 Å². The molecule has 2 aromatic carbocycles. The molecule has 2 aliphatic rings. The van der Waals surface area contributed by atoms with Crippen molar-refractivity contribution in [1.29, 1.82) is 0 Å². The highest BCUT2D eigenvalue weighted by Crippen LogP contribution is 2.22. The zero-order chi connectivity index (χ0) is 22.3. The fraction of sp³-hybridized carbons (Fsp3) is 0.400. The first-order chi connectivity index (χ1) is 15.6. The summed E-state index contributed by atoms with van der Waals surface area (Å²) in [7, 11) is 1.75. The topological polar surface area (TPSA) is 77.0 Å². The summed E-state index contributed by atoms with van der Waals surface area (Å²) in [4.78, 5) is 32.0. The Labute approximate surface area is 189 Å². The minimum Gasteiger partial charge on any atom is -0.352 e. The van der Waals surface area contributed by atoms with Crippen molar-refractivity contribution < 1.29 is 9.59 Å². The van der Waals surface area contributed by atoms with Gasteiger partial charge >= 0.3 is 0 Å². The van der Waals surface area contributed by atoms with Crippen molar-refractivity contribution in [2.45, 2.75) is 45.2 Å². The van der Waals surface area contributed by atoms with E-state index >= 15 is 0 Å². The number of anilines is 2. The molecule has 0 radical (unpaired) electrons. The number of rotatable bonds is 6. The van der Waals surface area contributed by atoms with Gasteiger partial charge in [-0.3, -0.25) is 14.6 Å². The van der Waals surface area contributed by atoms with Gasteiger partial charge in [-0.1, -0.05) is 24.3 Å². The molecule has 2 aliphatic heterocycles. The van der Waals surface area contributed by atoms with Crippen molar-refractivity contribution in [2.24, 2.45) is 4.99 Å². The lowest BCUT2D eigenvalue weighted by atomic mass is 10.1. The van der Waals surface area contributed by atoms with Crippen LogP contribution in [0, 0.1) is 0 Å². The van der Waals surface area contributed by atoms with E-state index in [1.54, 1.807) is 7.05 Å². The molecular weight excluding hydrogens is 402 g/mol. The zero-order valence-corrected chi connectivity index (χ0v) is 18.6. The second-order valence-corrected chi connectivity index (χ2v) is 8.26. The number of amides is 2. The van der Waals surface area contributed by atoms with Gasteiger partial charge in [0, 0.05) is 57.4 Å². The van der Waals surface area contributed by atoms with Crippen LogP contribution < -0.4 is 20.4 Å². The summed E-state index contributed by atoms with van der Waals surface area (Å²) in [6.07, 6.45) is 4.28. The van der Waals surface area contributed by atoms with E-state index < -0.39 is 0 Å². The van der Waals surface area contributed by atoms with E-state index in [-0.39, 0.29) is 11.8 Å². The normalized spacial score (nSPS) is 17.1. The van der Waals surface area contributed by atoms with E-state index in [0.717, 1.165) is 60.8 Å². The maximum absolute atomic E-state index is 12.1. The second-order valence-electron chi connectivity index (χ2n) is 8.26. The minimum absolute atomic E-state index is 0.205. The molecule has 0 unspecified atom stereocenters. The average Bonchev–Trinajstić information content (AvgIpc) is 3.26. The van der Waals surface area contributed by atoms with Crippen LogP contribution >= 0.6 is 0 Å². The van der Waals surface area contributed by atoms with Gasteiger partial charge in [0.25, 0.3) is 0 Å². The fourth-order valence-electron chi connectivity index (χ4n) is 4.18. The molecule has 0 aliphatic carbocycles. The molecule has 0 atom stereocenters. The van der Waals surface area contributed by atoms with Crippen molar-refractivity contribution in [3.63, 3.8) is 0 Å². The minimum atomic E-state index is 0.205. The number of benzene rings is 2. The Morgan fingerprint density at radius 3 is 1.66 bits per heavy atom. The lowest BCUT2D eigenvalue weighted by Gasteiger charge is -2.26. The largest absolute Gasteiger partial charge is 0.352 e. The predicted molar refractivity (Wildman–Crippen MR) is 128 cm³/mol. The molecule has 7 heteroatoms. The highest BCUT2D eigenvalue weighted by Gasteiger charge is 2.21. The maximum Gasteiger partial charge on any atom is 0.227 e. The number of guanidine groups is 1. The summed E-state index contributed by atoms with van der Waals surface area (Å²) < 4.78 is 0. The van der Waals surface area contributed by atoms with Crippen LogP contribution in [0.4, 0.5) is 11.4 Å². The van der Waals surface area contributed by atoms with Crippen LogP contribution in [0.15, 0.2) is 53.5 Å². The lowest BCUT2D eigenvalue weighted by Crippen LogP contribution is -2.36. The van der Waals surface area contributed by atoms with E-state index in [1.807, 2.05) is 46.2 Å². The molecule has 2 N–H and O–H groups in total. The third kappa shape index (κ3) is 5.28.